The van der Waals surface area contributed by atoms with Gasteiger partial charge in [-0.3, -0.25) is 9.78 Å². The number of rotatable bonds is 5. The van der Waals surface area contributed by atoms with E-state index in [4.69, 9.17) is 9.15 Å². The summed E-state index contributed by atoms with van der Waals surface area (Å²) >= 11 is 0. The number of hydrogen-bond acceptors (Lipinski definition) is 5. The molecule has 0 radical (unpaired) electrons. The highest BCUT2D eigenvalue weighted by Crippen LogP contribution is 2.26. The zero-order chi connectivity index (χ0) is 19.5. The molecule has 1 amide bonds. The second kappa shape index (κ2) is 7.52. The highest BCUT2D eigenvalue weighted by Gasteiger charge is 2.15. The third-order valence-electron chi connectivity index (χ3n) is 4.46. The SMILES string of the molecule is C[C@@H](Oc1ccc2c(c1)oc(=O)c1ccccc12)C(=O)NCc1cccnc1. The van der Waals surface area contributed by atoms with E-state index in [1.54, 1.807) is 43.6 Å². The van der Waals surface area contributed by atoms with Crippen LogP contribution >= 0.6 is 0 Å². The first-order chi connectivity index (χ1) is 13.6. The van der Waals surface area contributed by atoms with Gasteiger partial charge in [0, 0.05) is 30.4 Å². The number of pyridine rings is 1. The van der Waals surface area contributed by atoms with Gasteiger partial charge in [0.05, 0.1) is 5.39 Å². The number of nitrogens with one attached hydrogen (secondary N) is 1. The average Bonchev–Trinajstić information content (AvgIpc) is 2.73. The predicted molar refractivity (Wildman–Crippen MR) is 106 cm³/mol. The van der Waals surface area contributed by atoms with E-state index in [1.807, 2.05) is 30.3 Å². The number of amides is 1. The first kappa shape index (κ1) is 17.7. The van der Waals surface area contributed by atoms with Crippen LogP contribution in [0.3, 0.4) is 0 Å². The standard InChI is InChI=1S/C22H18N2O4/c1-14(21(25)24-13-15-5-4-10-23-12-15)27-16-8-9-18-17-6-2-3-7-19(17)22(26)28-20(18)11-16/h2-12,14H,13H2,1H3,(H,24,25)/t14-/m1/s1. The van der Waals surface area contributed by atoms with Crippen molar-refractivity contribution in [1.82, 2.24) is 10.3 Å². The Kier molecular flexibility index (Phi) is 4.76. The Bertz CT molecular complexity index is 1200. The molecule has 0 fully saturated rings. The number of carbonyl (C=O) groups excluding carboxylic acids is 1. The Balaban J connectivity index is 1.52. The Morgan fingerprint density at radius 3 is 2.71 bits per heavy atom. The highest BCUT2D eigenvalue weighted by atomic mass is 16.5. The topological polar surface area (TPSA) is 81.4 Å². The van der Waals surface area contributed by atoms with E-state index in [-0.39, 0.29) is 5.91 Å². The maximum absolute atomic E-state index is 12.3. The summed E-state index contributed by atoms with van der Waals surface area (Å²) in [6.45, 7) is 2.04. The number of benzene rings is 2. The van der Waals surface area contributed by atoms with Crippen LogP contribution in [0.4, 0.5) is 0 Å². The van der Waals surface area contributed by atoms with Crippen LogP contribution in [0.15, 0.2) is 76.2 Å². The van der Waals surface area contributed by atoms with Crippen molar-refractivity contribution in [3.8, 4) is 5.75 Å². The summed E-state index contributed by atoms with van der Waals surface area (Å²) in [5.74, 6) is 0.207. The molecule has 2 aromatic carbocycles. The van der Waals surface area contributed by atoms with Crippen LogP contribution in [0.2, 0.25) is 0 Å². The summed E-state index contributed by atoms with van der Waals surface area (Å²) < 4.78 is 11.2. The minimum absolute atomic E-state index is 0.246. The van der Waals surface area contributed by atoms with Crippen LogP contribution in [0, 0.1) is 0 Å². The second-order valence-corrected chi connectivity index (χ2v) is 6.43. The molecular weight excluding hydrogens is 356 g/mol. The Morgan fingerprint density at radius 1 is 1.11 bits per heavy atom. The second-order valence-electron chi connectivity index (χ2n) is 6.43. The van der Waals surface area contributed by atoms with Gasteiger partial charge in [-0.15, -0.1) is 0 Å². The van der Waals surface area contributed by atoms with Gasteiger partial charge in [-0.05, 0) is 42.1 Å². The molecule has 4 aromatic rings. The fraction of sp³-hybridized carbons (Fsp3) is 0.136. The van der Waals surface area contributed by atoms with E-state index in [1.165, 1.54) is 0 Å². The lowest BCUT2D eigenvalue weighted by molar-refractivity contribution is -0.127. The van der Waals surface area contributed by atoms with Gasteiger partial charge < -0.3 is 14.5 Å². The molecule has 0 unspecified atom stereocenters. The van der Waals surface area contributed by atoms with Crippen molar-refractivity contribution in [2.45, 2.75) is 19.6 Å². The third kappa shape index (κ3) is 3.57. The summed E-state index contributed by atoms with van der Waals surface area (Å²) in [7, 11) is 0. The molecule has 0 bridgehead atoms. The Hall–Kier alpha value is -3.67. The molecule has 2 heterocycles. The van der Waals surface area contributed by atoms with Gasteiger partial charge in [0.2, 0.25) is 0 Å². The minimum Gasteiger partial charge on any atom is -0.481 e. The molecule has 2 aromatic heterocycles. The molecule has 0 aliphatic rings. The first-order valence-electron chi connectivity index (χ1n) is 8.91. The molecule has 1 N–H and O–H groups in total. The smallest absolute Gasteiger partial charge is 0.344 e. The maximum atomic E-state index is 12.3. The van der Waals surface area contributed by atoms with Crippen LogP contribution in [-0.2, 0) is 11.3 Å². The molecule has 6 nitrogen and oxygen atoms in total. The molecule has 6 heteroatoms. The summed E-state index contributed by atoms with van der Waals surface area (Å²) in [5, 5.41) is 4.98. The fourth-order valence-corrected chi connectivity index (χ4v) is 3.03. The molecule has 4 rings (SSSR count). The predicted octanol–water partition coefficient (Wildman–Crippen LogP) is 3.42. The van der Waals surface area contributed by atoms with Crippen LogP contribution in [0.25, 0.3) is 21.7 Å². The average molecular weight is 374 g/mol. The zero-order valence-corrected chi connectivity index (χ0v) is 15.2. The van der Waals surface area contributed by atoms with E-state index < -0.39 is 11.7 Å². The van der Waals surface area contributed by atoms with E-state index in [0.29, 0.717) is 23.3 Å². The molecule has 0 aliphatic heterocycles. The lowest BCUT2D eigenvalue weighted by atomic mass is 10.1. The van der Waals surface area contributed by atoms with Crippen LogP contribution in [-0.4, -0.2) is 17.0 Å². The van der Waals surface area contributed by atoms with Crippen molar-refractivity contribution < 1.29 is 13.9 Å². The van der Waals surface area contributed by atoms with Crippen LogP contribution in [0.5, 0.6) is 5.75 Å². The highest BCUT2D eigenvalue weighted by molar-refractivity contribution is 6.04. The lowest BCUT2D eigenvalue weighted by Crippen LogP contribution is -2.35. The Labute approximate surface area is 160 Å². The van der Waals surface area contributed by atoms with Gasteiger partial charge in [0.1, 0.15) is 11.3 Å². The van der Waals surface area contributed by atoms with Crippen LogP contribution in [0.1, 0.15) is 12.5 Å². The lowest BCUT2D eigenvalue weighted by Gasteiger charge is -2.15. The summed E-state index contributed by atoms with van der Waals surface area (Å²) in [5.41, 5.74) is 0.925. The number of hydrogen-bond donors (Lipinski definition) is 1. The van der Waals surface area contributed by atoms with Gasteiger partial charge >= 0.3 is 5.63 Å². The summed E-state index contributed by atoms with van der Waals surface area (Å²) in [6.07, 6.45) is 2.67. The monoisotopic (exact) mass is 374 g/mol. The molecule has 0 spiro atoms. The van der Waals surface area contributed by atoms with Crippen LogP contribution < -0.4 is 15.7 Å². The number of aromatic nitrogens is 1. The number of nitrogens with zero attached hydrogens (tertiary/aromatic N) is 1. The van der Waals surface area contributed by atoms with Crippen molar-refractivity contribution >= 4 is 27.6 Å². The summed E-state index contributed by atoms with van der Waals surface area (Å²) in [6, 6.07) is 16.2. The van der Waals surface area contributed by atoms with Crippen molar-refractivity contribution in [3.05, 3.63) is 83.0 Å². The van der Waals surface area contributed by atoms with E-state index in [2.05, 4.69) is 10.3 Å². The van der Waals surface area contributed by atoms with E-state index >= 15 is 0 Å². The van der Waals surface area contributed by atoms with E-state index in [0.717, 1.165) is 16.3 Å². The molecule has 28 heavy (non-hydrogen) atoms. The third-order valence-corrected chi connectivity index (χ3v) is 4.46. The molecule has 1 atom stereocenters. The number of fused-ring (bicyclic) bond motifs is 3. The van der Waals surface area contributed by atoms with Gasteiger partial charge in [-0.25, -0.2) is 4.79 Å². The zero-order valence-electron chi connectivity index (χ0n) is 15.2. The van der Waals surface area contributed by atoms with Gasteiger partial charge in [-0.1, -0.05) is 24.3 Å². The van der Waals surface area contributed by atoms with Crippen molar-refractivity contribution in [1.29, 1.82) is 0 Å². The Morgan fingerprint density at radius 2 is 1.93 bits per heavy atom. The minimum atomic E-state index is -0.707. The maximum Gasteiger partial charge on any atom is 0.344 e. The van der Waals surface area contributed by atoms with E-state index in [9.17, 15) is 9.59 Å². The molecular formula is C22H18N2O4. The fourth-order valence-electron chi connectivity index (χ4n) is 3.03. The normalized spacial score (nSPS) is 12.0. The molecule has 0 saturated heterocycles. The quantitative estimate of drug-likeness (QED) is 0.428. The molecule has 140 valence electrons. The van der Waals surface area contributed by atoms with Gasteiger partial charge in [0.25, 0.3) is 5.91 Å². The molecule has 0 aliphatic carbocycles. The molecule has 0 saturated carbocycles. The largest absolute Gasteiger partial charge is 0.481 e. The van der Waals surface area contributed by atoms with Crippen molar-refractivity contribution in [2.24, 2.45) is 0 Å². The van der Waals surface area contributed by atoms with Crippen molar-refractivity contribution in [2.75, 3.05) is 0 Å². The summed E-state index contributed by atoms with van der Waals surface area (Å²) in [4.78, 5) is 28.5. The van der Waals surface area contributed by atoms with Gasteiger partial charge in [-0.2, -0.15) is 0 Å². The number of carbonyl (C=O) groups is 1. The van der Waals surface area contributed by atoms with Gasteiger partial charge in [0.15, 0.2) is 6.10 Å². The van der Waals surface area contributed by atoms with Crippen molar-refractivity contribution in [3.63, 3.8) is 0 Å². The first-order valence-corrected chi connectivity index (χ1v) is 8.91. The number of ether oxygens (including phenoxy) is 1.